The monoisotopic (exact) mass is 482 g/mol. The number of methoxy groups -OCH3 is 1. The second-order valence-corrected chi connectivity index (χ2v) is 7.03. The van der Waals surface area contributed by atoms with Gasteiger partial charge in [-0.25, -0.2) is 4.79 Å². The Morgan fingerprint density at radius 2 is 1.96 bits per heavy atom. The Morgan fingerprint density at radius 1 is 1.21 bits per heavy atom. The number of ether oxygens (including phenoxy) is 2. The first-order valence-corrected chi connectivity index (χ1v) is 9.26. The minimum absolute atomic E-state index is 0.174. The summed E-state index contributed by atoms with van der Waals surface area (Å²) in [5.41, 5.74) is 0.642. The van der Waals surface area contributed by atoms with Gasteiger partial charge in [-0.1, -0.05) is 39.1 Å². The number of hydrogen-bond acceptors (Lipinski definition) is 5. The summed E-state index contributed by atoms with van der Waals surface area (Å²) in [4.78, 5) is 23.7. The van der Waals surface area contributed by atoms with Crippen molar-refractivity contribution in [3.8, 4) is 11.8 Å². The number of esters is 1. The van der Waals surface area contributed by atoms with Crippen molar-refractivity contribution in [2.75, 3.05) is 19.0 Å². The predicted molar refractivity (Wildman–Crippen MR) is 110 cm³/mol. The van der Waals surface area contributed by atoms with Gasteiger partial charge in [0.05, 0.1) is 17.2 Å². The van der Waals surface area contributed by atoms with Crippen LogP contribution in [0.5, 0.6) is 5.75 Å². The molecule has 144 valence electrons. The molecule has 0 atom stereocenters. The number of rotatable bonds is 6. The highest BCUT2D eigenvalue weighted by Gasteiger charge is 2.13. The van der Waals surface area contributed by atoms with E-state index in [2.05, 4.69) is 26.0 Å². The average Bonchev–Trinajstić information content (AvgIpc) is 2.67. The van der Waals surface area contributed by atoms with Crippen LogP contribution in [0, 0.1) is 11.3 Å². The number of anilines is 1. The van der Waals surface area contributed by atoms with E-state index in [0.717, 1.165) is 0 Å². The third-order valence-electron chi connectivity index (χ3n) is 3.39. The van der Waals surface area contributed by atoms with Gasteiger partial charge in [0.25, 0.3) is 5.91 Å². The van der Waals surface area contributed by atoms with Gasteiger partial charge >= 0.3 is 5.97 Å². The zero-order chi connectivity index (χ0) is 20.7. The van der Waals surface area contributed by atoms with Crippen molar-refractivity contribution >= 4 is 62.8 Å². The fourth-order valence-electron chi connectivity index (χ4n) is 2.04. The van der Waals surface area contributed by atoms with E-state index in [0.29, 0.717) is 26.5 Å². The maximum Gasteiger partial charge on any atom is 0.343 e. The number of benzene rings is 2. The van der Waals surface area contributed by atoms with Crippen LogP contribution in [0.1, 0.15) is 5.56 Å². The second-order valence-electron chi connectivity index (χ2n) is 5.30. The largest absolute Gasteiger partial charge is 0.481 e. The molecule has 6 nitrogen and oxygen atoms in total. The number of nitrogens with zero attached hydrogens (tertiary/aromatic N) is 1. The minimum Gasteiger partial charge on any atom is -0.481 e. The zero-order valence-electron chi connectivity index (χ0n) is 14.5. The summed E-state index contributed by atoms with van der Waals surface area (Å²) in [6.45, 7) is -0.309. The number of halogens is 3. The Kier molecular flexibility index (Phi) is 7.88. The summed E-state index contributed by atoms with van der Waals surface area (Å²) < 4.78 is 10.6. The van der Waals surface area contributed by atoms with Crippen LogP contribution in [0.4, 0.5) is 5.69 Å². The van der Waals surface area contributed by atoms with Crippen molar-refractivity contribution in [2.24, 2.45) is 0 Å². The normalized spacial score (nSPS) is 10.8. The van der Waals surface area contributed by atoms with Crippen molar-refractivity contribution in [2.45, 2.75) is 0 Å². The van der Waals surface area contributed by atoms with Crippen molar-refractivity contribution in [1.82, 2.24) is 0 Å². The first-order chi connectivity index (χ1) is 13.3. The van der Waals surface area contributed by atoms with Gasteiger partial charge in [0, 0.05) is 15.7 Å². The highest BCUT2D eigenvalue weighted by Crippen LogP contribution is 2.27. The van der Waals surface area contributed by atoms with Gasteiger partial charge in [0.2, 0.25) is 0 Å². The summed E-state index contributed by atoms with van der Waals surface area (Å²) in [5, 5.41) is 12.6. The van der Waals surface area contributed by atoms with E-state index in [1.54, 1.807) is 24.3 Å². The SMILES string of the molecule is COC(=O)COc1ccc(Br)cc1/C=C(\C#N)C(=O)Nc1ccc(Cl)c(Cl)c1. The molecule has 2 aromatic rings. The zero-order valence-corrected chi connectivity index (χ0v) is 17.6. The van der Waals surface area contributed by atoms with E-state index in [1.807, 2.05) is 6.07 Å². The molecule has 1 N–H and O–H groups in total. The van der Waals surface area contributed by atoms with E-state index in [1.165, 1.54) is 25.3 Å². The maximum atomic E-state index is 12.4. The molecule has 2 rings (SSSR count). The average molecular weight is 484 g/mol. The minimum atomic E-state index is -0.639. The predicted octanol–water partition coefficient (Wildman–Crippen LogP) is 4.85. The molecule has 0 fully saturated rings. The van der Waals surface area contributed by atoms with Gasteiger partial charge < -0.3 is 14.8 Å². The molecular weight excluding hydrogens is 471 g/mol. The Morgan fingerprint density at radius 3 is 2.61 bits per heavy atom. The van der Waals surface area contributed by atoms with Gasteiger partial charge in [-0.15, -0.1) is 0 Å². The number of nitriles is 1. The molecule has 0 aliphatic carbocycles. The van der Waals surface area contributed by atoms with Crippen LogP contribution in [-0.2, 0) is 14.3 Å². The topological polar surface area (TPSA) is 88.4 Å². The molecule has 0 heterocycles. The molecule has 2 aromatic carbocycles. The van der Waals surface area contributed by atoms with Gasteiger partial charge in [-0.2, -0.15) is 5.26 Å². The van der Waals surface area contributed by atoms with E-state index in [9.17, 15) is 14.9 Å². The Hall–Kier alpha value is -2.53. The van der Waals surface area contributed by atoms with Gasteiger partial charge in [-0.3, -0.25) is 4.79 Å². The van der Waals surface area contributed by atoms with Gasteiger partial charge in [0.1, 0.15) is 17.4 Å². The summed E-state index contributed by atoms with van der Waals surface area (Å²) in [7, 11) is 1.25. The molecule has 0 radical (unpaired) electrons. The summed E-state index contributed by atoms with van der Waals surface area (Å²) >= 11 is 15.1. The molecule has 0 saturated carbocycles. The van der Waals surface area contributed by atoms with Crippen LogP contribution in [-0.4, -0.2) is 25.6 Å². The van der Waals surface area contributed by atoms with Crippen molar-refractivity contribution in [1.29, 1.82) is 5.26 Å². The van der Waals surface area contributed by atoms with Crippen LogP contribution in [0.25, 0.3) is 6.08 Å². The standard InChI is InChI=1S/C19H13BrCl2N2O4/c1-27-18(25)10-28-17-5-2-13(20)7-11(17)6-12(9-23)19(26)24-14-3-4-15(21)16(22)8-14/h2-8H,10H2,1H3,(H,24,26)/b12-6+. The van der Waals surface area contributed by atoms with Crippen LogP contribution in [0.3, 0.4) is 0 Å². The lowest BCUT2D eigenvalue weighted by Gasteiger charge is -2.10. The van der Waals surface area contributed by atoms with Crippen molar-refractivity contribution < 1.29 is 19.1 Å². The first-order valence-electron chi connectivity index (χ1n) is 7.71. The Bertz CT molecular complexity index is 986. The molecule has 0 aliphatic rings. The molecule has 0 spiro atoms. The molecule has 0 aliphatic heterocycles. The van der Waals surface area contributed by atoms with E-state index >= 15 is 0 Å². The maximum absolute atomic E-state index is 12.4. The van der Waals surface area contributed by atoms with Crippen molar-refractivity contribution in [3.63, 3.8) is 0 Å². The number of nitrogens with one attached hydrogen (secondary N) is 1. The molecule has 9 heteroatoms. The molecule has 0 aromatic heterocycles. The molecular formula is C19H13BrCl2N2O4. The summed E-state index contributed by atoms with van der Waals surface area (Å²) in [6.07, 6.45) is 1.35. The lowest BCUT2D eigenvalue weighted by atomic mass is 10.1. The quantitative estimate of drug-likeness (QED) is 0.360. The molecule has 1 amide bonds. The second kappa shape index (κ2) is 10.1. The summed E-state index contributed by atoms with van der Waals surface area (Å²) in [5.74, 6) is -0.890. The number of carbonyl (C=O) groups excluding carboxylic acids is 2. The molecule has 0 saturated heterocycles. The summed E-state index contributed by atoms with van der Waals surface area (Å²) in [6, 6.07) is 11.4. The third kappa shape index (κ3) is 5.99. The number of amides is 1. The van der Waals surface area contributed by atoms with Crippen LogP contribution in [0.15, 0.2) is 46.4 Å². The number of hydrogen-bond donors (Lipinski definition) is 1. The Labute approximate surface area is 179 Å². The smallest absolute Gasteiger partial charge is 0.343 e. The lowest BCUT2D eigenvalue weighted by Crippen LogP contribution is -2.14. The van der Waals surface area contributed by atoms with Gasteiger partial charge in [0.15, 0.2) is 6.61 Å². The van der Waals surface area contributed by atoms with Crippen molar-refractivity contribution in [3.05, 3.63) is 62.1 Å². The van der Waals surface area contributed by atoms with Crippen LogP contribution >= 0.6 is 39.1 Å². The van der Waals surface area contributed by atoms with Gasteiger partial charge in [-0.05, 0) is 42.5 Å². The fourth-order valence-corrected chi connectivity index (χ4v) is 2.71. The highest BCUT2D eigenvalue weighted by molar-refractivity contribution is 9.10. The van der Waals surface area contributed by atoms with E-state index in [4.69, 9.17) is 27.9 Å². The molecule has 0 unspecified atom stereocenters. The third-order valence-corrected chi connectivity index (χ3v) is 4.62. The molecule has 0 bridgehead atoms. The van der Waals surface area contributed by atoms with Crippen LogP contribution in [0.2, 0.25) is 10.0 Å². The van der Waals surface area contributed by atoms with E-state index < -0.39 is 11.9 Å². The van der Waals surface area contributed by atoms with Crippen LogP contribution < -0.4 is 10.1 Å². The molecule has 28 heavy (non-hydrogen) atoms. The first kappa shape index (κ1) is 21.8. The lowest BCUT2D eigenvalue weighted by molar-refractivity contribution is -0.142. The number of carbonyl (C=O) groups is 2. The Balaban J connectivity index is 2.28. The fraction of sp³-hybridized carbons (Fsp3) is 0.105. The highest BCUT2D eigenvalue weighted by atomic mass is 79.9. The van der Waals surface area contributed by atoms with E-state index in [-0.39, 0.29) is 17.2 Å².